The molecule has 1 aromatic rings. The molecule has 11 nitrogen and oxygen atoms in total. The van der Waals surface area contributed by atoms with Gasteiger partial charge in [0.1, 0.15) is 12.6 Å². The smallest absolute Gasteiger partial charge is 0.407 e. The van der Waals surface area contributed by atoms with Crippen molar-refractivity contribution in [2.45, 2.75) is 83.7 Å². The minimum Gasteiger partial charge on any atom is -0.448 e. The van der Waals surface area contributed by atoms with E-state index in [-0.39, 0.29) is 38.7 Å². The number of sulfone groups is 1. The Hall–Kier alpha value is -2.70. The number of ether oxygens (including phenoxy) is 1. The van der Waals surface area contributed by atoms with Crippen molar-refractivity contribution in [3.8, 4) is 0 Å². The summed E-state index contributed by atoms with van der Waals surface area (Å²) in [4.78, 5) is 38.7. The topological polar surface area (TPSA) is 168 Å². The summed E-state index contributed by atoms with van der Waals surface area (Å²) in [5.41, 5.74) is 7.46. The van der Waals surface area contributed by atoms with Gasteiger partial charge in [-0.25, -0.2) is 13.2 Å². The molecule has 1 rings (SSSR count). The van der Waals surface area contributed by atoms with Gasteiger partial charge in [0.05, 0.1) is 23.7 Å². The first-order chi connectivity index (χ1) is 18.5. The fourth-order valence-electron chi connectivity index (χ4n) is 4.20. The lowest BCUT2D eigenvalue weighted by Gasteiger charge is -2.30. The number of alkyl carbamates (subject to hydrolysis) is 1. The first kappa shape index (κ1) is 34.3. The first-order valence-corrected chi connectivity index (χ1v) is 15.3. The van der Waals surface area contributed by atoms with Crippen LogP contribution in [0.3, 0.4) is 0 Å². The third-order valence-electron chi connectivity index (χ3n) is 6.22. The molecule has 0 bridgehead atoms. The zero-order chi connectivity index (χ0) is 29.4. The van der Waals surface area contributed by atoms with E-state index in [2.05, 4.69) is 10.6 Å². The molecule has 0 radical (unpaired) electrons. The van der Waals surface area contributed by atoms with Crippen LogP contribution in [0, 0.1) is 0 Å². The summed E-state index contributed by atoms with van der Waals surface area (Å²) < 4.78 is 31.9. The van der Waals surface area contributed by atoms with E-state index < -0.39 is 45.0 Å². The van der Waals surface area contributed by atoms with Gasteiger partial charge in [0.2, 0.25) is 11.8 Å². The number of hydrogen-bond acceptors (Lipinski definition) is 8. The van der Waals surface area contributed by atoms with Crippen LogP contribution >= 0.6 is 0 Å². The number of aliphatic hydroxyl groups is 1. The Bertz CT molecular complexity index is 1010. The van der Waals surface area contributed by atoms with Crippen LogP contribution in [0.15, 0.2) is 24.3 Å². The number of carbonyl (C=O) groups excluding carboxylic acids is 3. The predicted octanol–water partition coefficient (Wildman–Crippen LogP) is 1.51. The number of rotatable bonds is 18. The Morgan fingerprint density at radius 3 is 2.31 bits per heavy atom. The highest BCUT2D eigenvalue weighted by Crippen LogP contribution is 2.18. The molecular weight excluding hydrogens is 524 g/mol. The van der Waals surface area contributed by atoms with Crippen molar-refractivity contribution in [3.05, 3.63) is 35.4 Å². The van der Waals surface area contributed by atoms with Crippen LogP contribution in [-0.4, -0.2) is 85.7 Å². The molecule has 0 saturated heterocycles. The second-order valence-corrected chi connectivity index (χ2v) is 12.0. The lowest BCUT2D eigenvalue weighted by molar-refractivity contribution is -0.134. The Morgan fingerprint density at radius 2 is 1.74 bits per heavy atom. The van der Waals surface area contributed by atoms with Crippen LogP contribution < -0.4 is 16.4 Å². The van der Waals surface area contributed by atoms with Crippen LogP contribution in [0.4, 0.5) is 4.79 Å². The van der Waals surface area contributed by atoms with Crippen molar-refractivity contribution in [2.24, 2.45) is 5.73 Å². The van der Waals surface area contributed by atoms with Gasteiger partial charge in [-0.3, -0.25) is 9.59 Å². The molecule has 0 aromatic heterocycles. The van der Waals surface area contributed by atoms with Gasteiger partial charge in [-0.1, -0.05) is 57.9 Å². The summed E-state index contributed by atoms with van der Waals surface area (Å²) >= 11 is 0. The van der Waals surface area contributed by atoms with Crippen LogP contribution in [-0.2, 0) is 37.1 Å². The summed E-state index contributed by atoms with van der Waals surface area (Å²) in [5.74, 6) is -1.57. The summed E-state index contributed by atoms with van der Waals surface area (Å²) in [6.07, 6.45) is 0.959. The quantitative estimate of drug-likeness (QED) is 0.193. The van der Waals surface area contributed by atoms with Crippen molar-refractivity contribution in [1.82, 2.24) is 15.5 Å². The standard InChI is InChI=1S/C27H46N4O7S/c1-5-9-24(10-6-2)39(36,37)19-25(30-27(35)38-14-13-29-20(4)32)26(34)31(18-23(33)16-28)17-22-12-8-11-21(7-3)15-22/h8,11-12,15,23-25,33H,5-7,9-10,13-14,16-19,28H2,1-4H3,(H,29,32)(H,30,35)/t23-,25+/m0/s1. The van der Waals surface area contributed by atoms with Gasteiger partial charge in [-0.05, 0) is 30.4 Å². The molecule has 222 valence electrons. The molecule has 3 amide bonds. The van der Waals surface area contributed by atoms with E-state index in [4.69, 9.17) is 10.5 Å². The monoisotopic (exact) mass is 570 g/mol. The number of amides is 3. The normalized spacial score (nSPS) is 13.0. The molecule has 0 unspecified atom stereocenters. The zero-order valence-corrected chi connectivity index (χ0v) is 24.5. The SMILES string of the molecule is CCCC(CCC)S(=O)(=O)C[C@@H](NC(=O)OCCNC(C)=O)C(=O)N(Cc1cccc(CC)c1)C[C@@H](O)CN. The first-order valence-electron chi connectivity index (χ1n) is 13.6. The van der Waals surface area contributed by atoms with Crippen molar-refractivity contribution < 1.29 is 32.6 Å². The minimum absolute atomic E-state index is 0.0668. The van der Waals surface area contributed by atoms with Crippen molar-refractivity contribution in [1.29, 1.82) is 0 Å². The maximum absolute atomic E-state index is 13.8. The van der Waals surface area contributed by atoms with E-state index in [1.54, 1.807) is 0 Å². The molecular formula is C27H46N4O7S. The number of carbonyl (C=O) groups is 3. The second kappa shape index (κ2) is 17.8. The highest BCUT2D eigenvalue weighted by molar-refractivity contribution is 7.92. The lowest BCUT2D eigenvalue weighted by atomic mass is 10.1. The Morgan fingerprint density at radius 1 is 1.10 bits per heavy atom. The minimum atomic E-state index is -3.79. The molecule has 0 fully saturated rings. The number of nitrogens with two attached hydrogens (primary N) is 1. The van der Waals surface area contributed by atoms with Gasteiger partial charge in [0.15, 0.2) is 9.84 Å². The Kier molecular flexibility index (Phi) is 15.7. The molecule has 5 N–H and O–H groups in total. The number of benzene rings is 1. The maximum Gasteiger partial charge on any atom is 0.407 e. The van der Waals surface area contributed by atoms with Crippen LogP contribution in [0.25, 0.3) is 0 Å². The van der Waals surface area contributed by atoms with Crippen LogP contribution in [0.1, 0.15) is 64.5 Å². The van der Waals surface area contributed by atoms with Crippen LogP contribution in [0.2, 0.25) is 0 Å². The molecule has 2 atom stereocenters. The molecule has 0 spiro atoms. The largest absolute Gasteiger partial charge is 0.448 e. The molecule has 1 aromatic carbocycles. The van der Waals surface area contributed by atoms with E-state index >= 15 is 0 Å². The van der Waals surface area contributed by atoms with E-state index in [9.17, 15) is 27.9 Å². The summed E-state index contributed by atoms with van der Waals surface area (Å²) in [6, 6.07) is 6.15. The van der Waals surface area contributed by atoms with E-state index in [1.807, 2.05) is 45.0 Å². The van der Waals surface area contributed by atoms with E-state index in [1.165, 1.54) is 11.8 Å². The fourth-order valence-corrected chi connectivity index (χ4v) is 6.35. The molecule has 12 heteroatoms. The zero-order valence-electron chi connectivity index (χ0n) is 23.6. The van der Waals surface area contributed by atoms with Gasteiger partial charge >= 0.3 is 6.09 Å². The second-order valence-electron chi connectivity index (χ2n) is 9.63. The van der Waals surface area contributed by atoms with Gasteiger partial charge in [-0.2, -0.15) is 0 Å². The van der Waals surface area contributed by atoms with E-state index in [0.29, 0.717) is 25.7 Å². The van der Waals surface area contributed by atoms with Gasteiger partial charge in [0.25, 0.3) is 0 Å². The highest BCUT2D eigenvalue weighted by atomic mass is 32.2. The molecule has 0 aliphatic carbocycles. The molecule has 0 aliphatic heterocycles. The van der Waals surface area contributed by atoms with Crippen molar-refractivity contribution >= 4 is 27.7 Å². The molecule has 0 saturated carbocycles. The number of nitrogens with zero attached hydrogens (tertiary/aromatic N) is 1. The average molecular weight is 571 g/mol. The van der Waals surface area contributed by atoms with Gasteiger partial charge < -0.3 is 31.1 Å². The van der Waals surface area contributed by atoms with Crippen molar-refractivity contribution in [2.75, 3.05) is 32.0 Å². The fraction of sp³-hybridized carbons (Fsp3) is 0.667. The maximum atomic E-state index is 13.8. The number of aliphatic hydroxyl groups excluding tert-OH is 1. The Balaban J connectivity index is 3.29. The highest BCUT2D eigenvalue weighted by Gasteiger charge is 2.35. The third-order valence-corrected chi connectivity index (χ3v) is 8.50. The van der Waals surface area contributed by atoms with Gasteiger partial charge in [-0.15, -0.1) is 0 Å². The Labute approximate surface area is 232 Å². The summed E-state index contributed by atoms with van der Waals surface area (Å²) in [5, 5.41) is 14.5. The average Bonchev–Trinajstić information content (AvgIpc) is 2.89. The van der Waals surface area contributed by atoms with Crippen molar-refractivity contribution in [3.63, 3.8) is 0 Å². The molecule has 0 heterocycles. The summed E-state index contributed by atoms with van der Waals surface area (Å²) in [7, 11) is -3.79. The predicted molar refractivity (Wildman–Crippen MR) is 151 cm³/mol. The van der Waals surface area contributed by atoms with E-state index in [0.717, 1.165) is 17.5 Å². The van der Waals surface area contributed by atoms with Crippen LogP contribution in [0.5, 0.6) is 0 Å². The number of hydrogen-bond donors (Lipinski definition) is 4. The number of aryl methyl sites for hydroxylation is 1. The summed E-state index contributed by atoms with van der Waals surface area (Å²) in [6.45, 7) is 6.87. The third kappa shape index (κ3) is 12.8. The lowest BCUT2D eigenvalue weighted by Crippen LogP contribution is -2.54. The molecule has 39 heavy (non-hydrogen) atoms. The van der Waals surface area contributed by atoms with Gasteiger partial charge in [0, 0.05) is 26.6 Å². The number of nitrogens with one attached hydrogen (secondary N) is 2. The molecule has 0 aliphatic rings.